The molecule has 0 fully saturated rings. The van der Waals surface area contributed by atoms with Crippen molar-refractivity contribution in [1.82, 2.24) is 9.13 Å². The van der Waals surface area contributed by atoms with E-state index < -0.39 is 0 Å². The molecule has 11 aromatic rings. The Hall–Kier alpha value is -7.76. The van der Waals surface area contributed by atoms with Crippen LogP contribution in [0.15, 0.2) is 206 Å². The van der Waals surface area contributed by atoms with E-state index in [0.717, 1.165) is 29.2 Å². The zero-order valence-corrected chi connectivity index (χ0v) is 36.2. The first-order valence-corrected chi connectivity index (χ1v) is 22.5. The van der Waals surface area contributed by atoms with Crippen LogP contribution in [0.2, 0.25) is 0 Å². The lowest BCUT2D eigenvalue weighted by atomic mass is 9.33. The molecule has 0 radical (unpaired) electrons. The summed E-state index contributed by atoms with van der Waals surface area (Å²) >= 11 is 0. The highest BCUT2D eigenvalue weighted by Gasteiger charge is 2.44. The molecule has 0 atom stereocenters. The van der Waals surface area contributed by atoms with Gasteiger partial charge < -0.3 is 18.9 Å². The van der Waals surface area contributed by atoms with Crippen molar-refractivity contribution in [2.75, 3.05) is 9.80 Å². The van der Waals surface area contributed by atoms with Gasteiger partial charge in [-0.05, 0) is 119 Å². The predicted octanol–water partition coefficient (Wildman–Crippen LogP) is 13.6. The molecule has 0 saturated carbocycles. The molecule has 0 aliphatic carbocycles. The van der Waals surface area contributed by atoms with E-state index in [1.807, 2.05) is 0 Å². The van der Waals surface area contributed by atoms with E-state index in [2.05, 4.69) is 246 Å². The van der Waals surface area contributed by atoms with Crippen LogP contribution in [-0.4, -0.2) is 15.8 Å². The van der Waals surface area contributed by atoms with Gasteiger partial charge in [0.25, 0.3) is 6.71 Å². The first-order valence-electron chi connectivity index (χ1n) is 22.5. The zero-order chi connectivity index (χ0) is 42.7. The summed E-state index contributed by atoms with van der Waals surface area (Å²) in [5.41, 5.74) is 19.6. The van der Waals surface area contributed by atoms with E-state index in [-0.39, 0.29) is 12.1 Å². The van der Waals surface area contributed by atoms with Crippen molar-refractivity contribution in [1.29, 1.82) is 0 Å². The van der Waals surface area contributed by atoms with Crippen molar-refractivity contribution in [2.45, 2.75) is 27.2 Å². The van der Waals surface area contributed by atoms with E-state index in [1.54, 1.807) is 0 Å². The normalized spacial score (nSPS) is 13.2. The SMILES string of the molecule is CC(C)(C)Cc1cc2c3c(c1)N(c1ccccc1)c1cc(-n4c5ccccc5c5ccccc54)ccc1B3c1ccc(-n3c4ccccc4c4ccccc43)cc1N2c1ccccc1. The third-order valence-electron chi connectivity index (χ3n) is 13.5. The second kappa shape index (κ2) is 13.9. The first kappa shape index (κ1) is 36.9. The van der Waals surface area contributed by atoms with E-state index in [1.165, 1.54) is 88.3 Å². The Labute approximate surface area is 373 Å². The van der Waals surface area contributed by atoms with E-state index >= 15 is 0 Å². The standard InChI is InChI=1S/C59H45BN4/c1-59(2,3)38-39-34-56-58-57(35-39)62(41-20-8-5-9-21-41)55-37-43(64-52-28-16-12-24-46(52)47-25-13-17-29-53(47)64)31-33-49(55)60(58)48-32-30-42(36-54(48)61(56)40-18-6-4-7-19-40)63-50-26-14-10-22-44(50)45-23-11-15-27-51(45)63/h4-37H,38H2,1-3H3. The highest BCUT2D eigenvalue weighted by atomic mass is 15.2. The molecule has 13 rings (SSSR count). The number of hydrogen-bond acceptors (Lipinski definition) is 2. The summed E-state index contributed by atoms with van der Waals surface area (Å²) in [6.45, 7) is 7.04. The van der Waals surface area contributed by atoms with Gasteiger partial charge in [-0.25, -0.2) is 0 Å². The molecular weight excluding hydrogens is 775 g/mol. The Kier molecular flexibility index (Phi) is 7.99. The minimum absolute atomic E-state index is 0.0157. The Balaban J connectivity index is 1.13. The third-order valence-corrected chi connectivity index (χ3v) is 13.5. The summed E-state index contributed by atoms with van der Waals surface area (Å²) in [6, 6.07) is 76.8. The lowest BCUT2D eigenvalue weighted by molar-refractivity contribution is 0.411. The second-order valence-electron chi connectivity index (χ2n) is 18.8. The number of anilines is 6. The van der Waals surface area contributed by atoms with E-state index in [4.69, 9.17) is 0 Å². The largest absolute Gasteiger partial charge is 0.311 e. The Morgan fingerprint density at radius 1 is 0.359 bits per heavy atom. The second-order valence-corrected chi connectivity index (χ2v) is 18.8. The fourth-order valence-corrected chi connectivity index (χ4v) is 11.1. The van der Waals surface area contributed by atoms with Crippen LogP contribution in [0.1, 0.15) is 26.3 Å². The number of nitrogens with zero attached hydrogens (tertiary/aromatic N) is 4. The number of fused-ring (bicyclic) bond motifs is 10. The molecule has 0 amide bonds. The summed E-state index contributed by atoms with van der Waals surface area (Å²) in [5.74, 6) is 0. The van der Waals surface area contributed by atoms with Crippen molar-refractivity contribution in [3.63, 3.8) is 0 Å². The fraction of sp³-hybridized carbons (Fsp3) is 0.0847. The average Bonchev–Trinajstić information content (AvgIpc) is 3.84. The van der Waals surface area contributed by atoms with E-state index in [0.29, 0.717) is 0 Å². The van der Waals surface area contributed by atoms with Crippen LogP contribution in [0.4, 0.5) is 34.1 Å². The topological polar surface area (TPSA) is 16.3 Å². The van der Waals surface area contributed by atoms with Crippen LogP contribution in [0.25, 0.3) is 55.0 Å². The highest BCUT2D eigenvalue weighted by Crippen LogP contribution is 2.47. The van der Waals surface area contributed by atoms with Crippen molar-refractivity contribution >= 4 is 101 Å². The minimum Gasteiger partial charge on any atom is -0.311 e. The molecule has 9 aromatic carbocycles. The van der Waals surface area contributed by atoms with Crippen LogP contribution in [-0.2, 0) is 6.42 Å². The number of hydrogen-bond donors (Lipinski definition) is 0. The molecule has 0 spiro atoms. The number of para-hydroxylation sites is 6. The molecule has 304 valence electrons. The summed E-state index contributed by atoms with van der Waals surface area (Å²) in [4.78, 5) is 5.10. The Morgan fingerprint density at radius 2 is 0.719 bits per heavy atom. The summed E-state index contributed by atoms with van der Waals surface area (Å²) in [5, 5.41) is 5.05. The summed E-state index contributed by atoms with van der Waals surface area (Å²) < 4.78 is 4.91. The molecule has 64 heavy (non-hydrogen) atoms. The van der Waals surface area contributed by atoms with Gasteiger partial charge in [-0.15, -0.1) is 0 Å². The highest BCUT2D eigenvalue weighted by molar-refractivity contribution is 7.00. The fourth-order valence-electron chi connectivity index (χ4n) is 11.1. The zero-order valence-electron chi connectivity index (χ0n) is 36.2. The average molecular weight is 821 g/mol. The number of rotatable bonds is 5. The van der Waals surface area contributed by atoms with Crippen LogP contribution < -0.4 is 26.2 Å². The van der Waals surface area contributed by atoms with Crippen molar-refractivity contribution in [3.8, 4) is 11.4 Å². The molecule has 0 bridgehead atoms. The first-order chi connectivity index (χ1) is 31.4. The van der Waals surface area contributed by atoms with Gasteiger partial charge in [0.2, 0.25) is 0 Å². The summed E-state index contributed by atoms with van der Waals surface area (Å²) in [7, 11) is 0. The van der Waals surface area contributed by atoms with Gasteiger partial charge in [0.15, 0.2) is 0 Å². The van der Waals surface area contributed by atoms with E-state index in [9.17, 15) is 0 Å². The molecule has 2 aromatic heterocycles. The van der Waals surface area contributed by atoms with Crippen LogP contribution >= 0.6 is 0 Å². The van der Waals surface area contributed by atoms with Gasteiger partial charge in [0.05, 0.1) is 22.1 Å². The minimum atomic E-state index is -0.0157. The molecule has 4 heterocycles. The lowest BCUT2D eigenvalue weighted by Crippen LogP contribution is -2.61. The predicted molar refractivity (Wildman–Crippen MR) is 272 cm³/mol. The molecule has 0 saturated heterocycles. The van der Waals surface area contributed by atoms with Gasteiger partial charge in [0, 0.05) is 67.0 Å². The molecular formula is C59H45BN4. The van der Waals surface area contributed by atoms with Crippen LogP contribution in [0, 0.1) is 5.41 Å². The molecule has 4 nitrogen and oxygen atoms in total. The smallest absolute Gasteiger partial charge is 0.252 e. The Bertz CT molecular complexity index is 3310. The summed E-state index contributed by atoms with van der Waals surface area (Å²) in [6.07, 6.45) is 0.936. The van der Waals surface area contributed by atoms with Gasteiger partial charge in [-0.1, -0.05) is 142 Å². The maximum atomic E-state index is 2.55. The lowest BCUT2D eigenvalue weighted by Gasteiger charge is -2.45. The van der Waals surface area contributed by atoms with Gasteiger partial charge >= 0.3 is 0 Å². The molecule has 0 unspecified atom stereocenters. The Morgan fingerprint density at radius 3 is 1.09 bits per heavy atom. The van der Waals surface area contributed by atoms with Crippen LogP contribution in [0.5, 0.6) is 0 Å². The number of benzene rings is 9. The molecule has 2 aliphatic rings. The van der Waals surface area contributed by atoms with Crippen molar-refractivity contribution in [2.24, 2.45) is 5.41 Å². The molecule has 0 N–H and O–H groups in total. The monoisotopic (exact) mass is 820 g/mol. The van der Waals surface area contributed by atoms with Gasteiger partial charge in [0.1, 0.15) is 0 Å². The molecule has 2 aliphatic heterocycles. The van der Waals surface area contributed by atoms with Crippen LogP contribution in [0.3, 0.4) is 0 Å². The number of aromatic nitrogens is 2. The maximum Gasteiger partial charge on any atom is 0.252 e. The third kappa shape index (κ3) is 5.50. The quantitative estimate of drug-likeness (QED) is 0.161. The van der Waals surface area contributed by atoms with Gasteiger partial charge in [-0.3, -0.25) is 0 Å². The molecule has 5 heteroatoms. The van der Waals surface area contributed by atoms with Crippen molar-refractivity contribution < 1.29 is 0 Å². The van der Waals surface area contributed by atoms with Crippen molar-refractivity contribution in [3.05, 3.63) is 212 Å². The maximum absolute atomic E-state index is 2.55. The van der Waals surface area contributed by atoms with Gasteiger partial charge in [-0.2, -0.15) is 0 Å².